The molecule has 1 saturated heterocycles. The highest BCUT2D eigenvalue weighted by Gasteiger charge is 2.11. The molecule has 3 aromatic rings. The van der Waals surface area contributed by atoms with Gasteiger partial charge in [0.25, 0.3) is 0 Å². The molecule has 4 rings (SSSR count). The van der Waals surface area contributed by atoms with Gasteiger partial charge in [-0.3, -0.25) is 9.88 Å². The number of halogens is 2. The third-order valence-corrected chi connectivity index (χ3v) is 5.49. The number of nitrogens with zero attached hydrogens (tertiary/aromatic N) is 2. The highest BCUT2D eigenvalue weighted by molar-refractivity contribution is 5.64. The third kappa shape index (κ3) is 6.32. The lowest BCUT2D eigenvalue weighted by atomic mass is 10.1. The molecule has 0 aliphatic carbocycles. The van der Waals surface area contributed by atoms with Gasteiger partial charge >= 0.3 is 0 Å². The largest absolute Gasteiger partial charge is 0.492 e. The van der Waals surface area contributed by atoms with Crippen molar-refractivity contribution in [3.63, 3.8) is 0 Å². The topological polar surface area (TPSA) is 49.4 Å². The average molecular weight is 439 g/mol. The number of piperazine rings is 1. The summed E-state index contributed by atoms with van der Waals surface area (Å²) in [7, 11) is 0. The molecule has 0 bridgehead atoms. The van der Waals surface area contributed by atoms with E-state index in [-0.39, 0.29) is 11.6 Å². The molecule has 1 aromatic heterocycles. The van der Waals surface area contributed by atoms with Gasteiger partial charge in [0.15, 0.2) is 0 Å². The molecule has 168 valence electrons. The molecule has 1 aliphatic rings. The predicted molar refractivity (Wildman–Crippen MR) is 121 cm³/mol. The Balaban J connectivity index is 1.28. The fourth-order valence-electron chi connectivity index (χ4n) is 3.72. The summed E-state index contributed by atoms with van der Waals surface area (Å²) in [4.78, 5) is 6.76. The smallest absolute Gasteiger partial charge is 0.134 e. The lowest BCUT2D eigenvalue weighted by molar-refractivity contribution is 0.191. The minimum absolute atomic E-state index is 0.246. The van der Waals surface area contributed by atoms with Gasteiger partial charge in [0.1, 0.15) is 24.0 Å². The highest BCUT2D eigenvalue weighted by atomic mass is 19.1. The van der Waals surface area contributed by atoms with Crippen molar-refractivity contribution in [2.75, 3.05) is 39.3 Å². The quantitative estimate of drug-likeness (QED) is 0.535. The molecule has 7 heteroatoms. The van der Waals surface area contributed by atoms with Crippen LogP contribution in [0.2, 0.25) is 0 Å². The van der Waals surface area contributed by atoms with Gasteiger partial charge in [0.05, 0.1) is 5.69 Å². The molecule has 0 amide bonds. The fourth-order valence-corrected chi connectivity index (χ4v) is 3.72. The summed E-state index contributed by atoms with van der Waals surface area (Å²) in [5.74, 6) is -0.0410. The Kier molecular flexibility index (Phi) is 7.77. The maximum Gasteiger partial charge on any atom is 0.134 e. The van der Waals surface area contributed by atoms with Gasteiger partial charge in [-0.25, -0.2) is 8.78 Å². The van der Waals surface area contributed by atoms with E-state index >= 15 is 0 Å². The number of aromatic nitrogens is 1. The van der Waals surface area contributed by atoms with Crippen molar-refractivity contribution in [2.45, 2.75) is 13.1 Å². The fraction of sp³-hybridized carbons (Fsp3) is 0.320. The predicted octanol–water partition coefficient (Wildman–Crippen LogP) is 3.60. The maximum absolute atomic E-state index is 14.7. The van der Waals surface area contributed by atoms with E-state index in [0.29, 0.717) is 36.6 Å². The van der Waals surface area contributed by atoms with Crippen LogP contribution in [0.1, 0.15) is 11.3 Å². The molecule has 1 fully saturated rings. The molecule has 1 aliphatic heterocycles. The molecule has 0 radical (unpaired) electrons. The van der Waals surface area contributed by atoms with Crippen LogP contribution in [0.5, 0.6) is 5.75 Å². The zero-order chi connectivity index (χ0) is 22.2. The molecule has 0 unspecified atom stereocenters. The number of nitrogens with one attached hydrogen (secondary N) is 2. The SMILES string of the molecule is Fc1cccc(CNCc2ccc(-c3ccc(OCCN4CCNCC4)cc3F)cn2)c1. The number of hydrogen-bond donors (Lipinski definition) is 2. The molecule has 0 atom stereocenters. The molecule has 5 nitrogen and oxygen atoms in total. The Labute approximate surface area is 187 Å². The van der Waals surface area contributed by atoms with Gasteiger partial charge in [-0.15, -0.1) is 0 Å². The van der Waals surface area contributed by atoms with Crippen LogP contribution in [0.15, 0.2) is 60.8 Å². The average Bonchev–Trinajstić information content (AvgIpc) is 2.81. The summed E-state index contributed by atoms with van der Waals surface area (Å²) in [5, 5.41) is 6.56. The van der Waals surface area contributed by atoms with E-state index < -0.39 is 0 Å². The van der Waals surface area contributed by atoms with Crippen LogP contribution >= 0.6 is 0 Å². The molecule has 32 heavy (non-hydrogen) atoms. The first-order valence-corrected chi connectivity index (χ1v) is 10.9. The lowest BCUT2D eigenvalue weighted by Crippen LogP contribution is -2.44. The minimum atomic E-state index is -0.330. The molecule has 0 saturated carbocycles. The van der Waals surface area contributed by atoms with Crippen LogP contribution in [0, 0.1) is 11.6 Å². The summed E-state index contributed by atoms with van der Waals surface area (Å²) in [5.41, 5.74) is 2.91. The minimum Gasteiger partial charge on any atom is -0.492 e. The van der Waals surface area contributed by atoms with Crippen molar-refractivity contribution in [1.82, 2.24) is 20.5 Å². The van der Waals surface area contributed by atoms with Crippen molar-refractivity contribution < 1.29 is 13.5 Å². The number of benzene rings is 2. The van der Waals surface area contributed by atoms with Crippen LogP contribution in [0.3, 0.4) is 0 Å². The number of pyridine rings is 1. The van der Waals surface area contributed by atoms with Crippen LogP contribution in [0.4, 0.5) is 8.78 Å². The van der Waals surface area contributed by atoms with Crippen molar-refractivity contribution in [3.05, 3.63) is 83.7 Å². The summed E-state index contributed by atoms with van der Waals surface area (Å²) in [6.07, 6.45) is 1.67. The Morgan fingerprint density at radius 1 is 1.00 bits per heavy atom. The molecular weight excluding hydrogens is 410 g/mol. The summed E-state index contributed by atoms with van der Waals surface area (Å²) in [6.45, 7) is 6.49. The zero-order valence-corrected chi connectivity index (χ0v) is 18.0. The number of hydrogen-bond acceptors (Lipinski definition) is 5. The van der Waals surface area contributed by atoms with E-state index in [1.165, 1.54) is 18.2 Å². The van der Waals surface area contributed by atoms with Crippen molar-refractivity contribution in [1.29, 1.82) is 0 Å². The molecule has 2 aromatic carbocycles. The first-order valence-electron chi connectivity index (χ1n) is 10.9. The van der Waals surface area contributed by atoms with E-state index in [1.54, 1.807) is 24.4 Å². The second-order valence-electron chi connectivity index (χ2n) is 7.85. The van der Waals surface area contributed by atoms with E-state index in [0.717, 1.165) is 44.0 Å². The van der Waals surface area contributed by atoms with E-state index in [4.69, 9.17) is 4.74 Å². The monoisotopic (exact) mass is 438 g/mol. The van der Waals surface area contributed by atoms with Crippen LogP contribution in [0.25, 0.3) is 11.1 Å². The summed E-state index contributed by atoms with van der Waals surface area (Å²) in [6, 6.07) is 15.2. The summed E-state index contributed by atoms with van der Waals surface area (Å²) < 4.78 is 33.6. The van der Waals surface area contributed by atoms with E-state index in [2.05, 4.69) is 20.5 Å². The van der Waals surface area contributed by atoms with Crippen molar-refractivity contribution >= 4 is 0 Å². The van der Waals surface area contributed by atoms with Crippen LogP contribution < -0.4 is 15.4 Å². The third-order valence-electron chi connectivity index (χ3n) is 5.49. The molecule has 2 heterocycles. The molecule has 0 spiro atoms. The Hall–Kier alpha value is -2.87. The van der Waals surface area contributed by atoms with Gasteiger partial charge in [-0.1, -0.05) is 18.2 Å². The molecular formula is C25H28F2N4O. The van der Waals surface area contributed by atoms with Gasteiger partial charge in [-0.2, -0.15) is 0 Å². The van der Waals surface area contributed by atoms with Gasteiger partial charge in [0, 0.05) is 69.2 Å². The Morgan fingerprint density at radius 3 is 2.62 bits per heavy atom. The molecule has 2 N–H and O–H groups in total. The van der Waals surface area contributed by atoms with Crippen molar-refractivity contribution in [2.24, 2.45) is 0 Å². The summed E-state index contributed by atoms with van der Waals surface area (Å²) >= 11 is 0. The second-order valence-corrected chi connectivity index (χ2v) is 7.85. The number of ether oxygens (including phenoxy) is 1. The lowest BCUT2D eigenvalue weighted by Gasteiger charge is -2.26. The maximum atomic E-state index is 14.7. The van der Waals surface area contributed by atoms with Crippen molar-refractivity contribution in [3.8, 4) is 16.9 Å². The normalized spacial score (nSPS) is 14.4. The zero-order valence-electron chi connectivity index (χ0n) is 18.0. The van der Waals surface area contributed by atoms with E-state index in [9.17, 15) is 8.78 Å². The van der Waals surface area contributed by atoms with Gasteiger partial charge in [-0.05, 0) is 35.9 Å². The standard InChI is InChI=1S/C25H28F2N4O/c26-21-3-1-2-19(14-21)16-29-18-22-5-4-20(17-30-22)24-7-6-23(15-25(24)27)32-13-12-31-10-8-28-9-11-31/h1-7,14-15,17,28-29H,8-13,16,18H2. The van der Waals surface area contributed by atoms with E-state index in [1.807, 2.05) is 18.2 Å². The number of rotatable bonds is 9. The highest BCUT2D eigenvalue weighted by Crippen LogP contribution is 2.26. The van der Waals surface area contributed by atoms with Gasteiger partial charge in [0.2, 0.25) is 0 Å². The Morgan fingerprint density at radius 2 is 1.88 bits per heavy atom. The Bertz CT molecular complexity index is 1010. The van der Waals surface area contributed by atoms with Crippen LogP contribution in [-0.4, -0.2) is 49.2 Å². The van der Waals surface area contributed by atoms with Gasteiger partial charge < -0.3 is 15.4 Å². The van der Waals surface area contributed by atoms with Crippen LogP contribution in [-0.2, 0) is 13.1 Å². The first kappa shape index (κ1) is 22.3. The second kappa shape index (κ2) is 11.1. The first-order chi connectivity index (χ1) is 15.7.